The third kappa shape index (κ3) is 3.20. The third-order valence-corrected chi connectivity index (χ3v) is 5.65. The molecule has 1 atom stereocenters. The number of rotatable bonds is 3. The summed E-state index contributed by atoms with van der Waals surface area (Å²) in [5.74, 6) is 0.828. The second-order valence-electron chi connectivity index (χ2n) is 7.41. The number of anilines is 1. The Morgan fingerprint density at radius 2 is 1.76 bits per heavy atom. The number of piperidine rings is 1. The Balaban J connectivity index is 1.70. The highest BCUT2D eigenvalue weighted by atomic mass is 16.2. The lowest BCUT2D eigenvalue weighted by Gasteiger charge is -2.34. The fourth-order valence-electron chi connectivity index (χ4n) is 4.21. The lowest BCUT2D eigenvalue weighted by molar-refractivity contribution is 0.0933. The van der Waals surface area contributed by atoms with Gasteiger partial charge in [0.15, 0.2) is 11.5 Å². The van der Waals surface area contributed by atoms with Gasteiger partial charge >= 0.3 is 0 Å². The highest BCUT2D eigenvalue weighted by Crippen LogP contribution is 2.30. The van der Waals surface area contributed by atoms with Crippen molar-refractivity contribution in [2.24, 2.45) is 0 Å². The van der Waals surface area contributed by atoms with E-state index in [4.69, 9.17) is 0 Å². The molecule has 2 fully saturated rings. The number of hydrogen-bond donors (Lipinski definition) is 1. The van der Waals surface area contributed by atoms with E-state index in [2.05, 4.69) is 33.4 Å². The van der Waals surface area contributed by atoms with Gasteiger partial charge in [0.2, 0.25) is 0 Å². The normalized spacial score (nSPS) is 21.6. The molecule has 1 aromatic carbocycles. The Morgan fingerprint density at radius 1 is 1.04 bits per heavy atom. The summed E-state index contributed by atoms with van der Waals surface area (Å²) >= 11 is 0. The first-order valence-corrected chi connectivity index (χ1v) is 9.57. The van der Waals surface area contributed by atoms with Gasteiger partial charge in [0.25, 0.3) is 5.91 Å². The first kappa shape index (κ1) is 16.3. The second-order valence-corrected chi connectivity index (χ2v) is 7.41. The van der Waals surface area contributed by atoms with Crippen LogP contribution in [0.4, 0.5) is 5.82 Å². The van der Waals surface area contributed by atoms with Crippen LogP contribution in [-0.4, -0.2) is 34.7 Å². The van der Waals surface area contributed by atoms with Gasteiger partial charge in [0, 0.05) is 29.4 Å². The van der Waals surface area contributed by atoms with Crippen LogP contribution >= 0.6 is 0 Å². The van der Waals surface area contributed by atoms with E-state index in [1.807, 2.05) is 18.2 Å². The monoisotopic (exact) mass is 338 g/mol. The molecule has 1 aliphatic carbocycles. The van der Waals surface area contributed by atoms with Crippen LogP contribution in [0.5, 0.6) is 0 Å². The first-order chi connectivity index (χ1) is 12.2. The zero-order valence-corrected chi connectivity index (χ0v) is 14.9. The molecule has 1 saturated heterocycles. The molecule has 5 heteroatoms. The summed E-state index contributed by atoms with van der Waals surface area (Å²) in [7, 11) is 0. The minimum atomic E-state index is -0.0890. The van der Waals surface area contributed by atoms with Crippen molar-refractivity contribution in [3.8, 4) is 0 Å². The number of benzene rings is 1. The van der Waals surface area contributed by atoms with Crippen molar-refractivity contribution in [2.45, 2.75) is 64.0 Å². The lowest BCUT2D eigenvalue weighted by atomic mass is 10.0. The van der Waals surface area contributed by atoms with Crippen molar-refractivity contribution in [3.05, 3.63) is 30.0 Å². The number of nitrogens with one attached hydrogen (secondary N) is 1. The summed E-state index contributed by atoms with van der Waals surface area (Å²) in [5.41, 5.74) is 0.455. The second kappa shape index (κ2) is 6.98. The third-order valence-electron chi connectivity index (χ3n) is 5.65. The smallest absolute Gasteiger partial charge is 0.272 e. The lowest BCUT2D eigenvalue weighted by Crippen LogP contribution is -2.38. The van der Waals surface area contributed by atoms with Crippen LogP contribution in [0.1, 0.15) is 62.4 Å². The standard InChI is InChI=1S/C20H26N4O/c1-14-8-6-7-13-24(14)19-17-12-5-4-11-16(17)18(22-23-19)20(25)21-15-9-2-3-10-15/h4-5,11-12,14-15H,2-3,6-10,13H2,1H3,(H,21,25). The maximum absolute atomic E-state index is 12.7. The van der Waals surface area contributed by atoms with Gasteiger partial charge in [-0.25, -0.2) is 0 Å². The van der Waals surface area contributed by atoms with Crippen LogP contribution in [0.15, 0.2) is 24.3 Å². The highest BCUT2D eigenvalue weighted by molar-refractivity contribution is 6.07. The summed E-state index contributed by atoms with van der Waals surface area (Å²) < 4.78 is 0. The zero-order chi connectivity index (χ0) is 17.2. The van der Waals surface area contributed by atoms with E-state index < -0.39 is 0 Å². The molecule has 25 heavy (non-hydrogen) atoms. The predicted octanol–water partition coefficient (Wildman–Crippen LogP) is 3.68. The SMILES string of the molecule is CC1CCCCN1c1nnc(C(=O)NC2CCCC2)c2ccccc12. The fraction of sp³-hybridized carbons (Fsp3) is 0.550. The molecular formula is C20H26N4O. The predicted molar refractivity (Wildman–Crippen MR) is 99.9 cm³/mol. The Morgan fingerprint density at radius 3 is 2.52 bits per heavy atom. The van der Waals surface area contributed by atoms with Crippen molar-refractivity contribution < 1.29 is 4.79 Å². The molecular weight excluding hydrogens is 312 g/mol. The number of amides is 1. The van der Waals surface area contributed by atoms with Crippen molar-refractivity contribution in [1.29, 1.82) is 0 Å². The van der Waals surface area contributed by atoms with Gasteiger partial charge in [-0.1, -0.05) is 37.1 Å². The minimum Gasteiger partial charge on any atom is -0.352 e. The first-order valence-electron chi connectivity index (χ1n) is 9.57. The number of nitrogens with zero attached hydrogens (tertiary/aromatic N) is 3. The molecule has 0 radical (unpaired) electrons. The molecule has 4 rings (SSSR count). The Bertz CT molecular complexity index is 769. The van der Waals surface area contributed by atoms with Gasteiger partial charge in [-0.2, -0.15) is 0 Å². The number of fused-ring (bicyclic) bond motifs is 1. The average Bonchev–Trinajstić information content (AvgIpc) is 3.14. The number of carbonyl (C=O) groups is 1. The van der Waals surface area contributed by atoms with Gasteiger partial charge < -0.3 is 10.2 Å². The van der Waals surface area contributed by atoms with Crippen molar-refractivity contribution >= 4 is 22.5 Å². The molecule has 1 saturated carbocycles. The molecule has 2 aromatic rings. The molecule has 2 aliphatic rings. The minimum absolute atomic E-state index is 0.0890. The Labute approximate surface area is 148 Å². The van der Waals surface area contributed by atoms with Gasteiger partial charge in [-0.05, 0) is 39.0 Å². The van der Waals surface area contributed by atoms with E-state index in [0.717, 1.165) is 36.0 Å². The maximum atomic E-state index is 12.7. The molecule has 1 amide bonds. The Kier molecular flexibility index (Phi) is 4.55. The molecule has 1 aromatic heterocycles. The molecule has 1 aliphatic heterocycles. The van der Waals surface area contributed by atoms with E-state index in [9.17, 15) is 4.79 Å². The molecule has 2 heterocycles. The van der Waals surface area contributed by atoms with Gasteiger partial charge in [0.05, 0.1) is 0 Å². The van der Waals surface area contributed by atoms with Gasteiger partial charge in [-0.15, -0.1) is 10.2 Å². The number of hydrogen-bond acceptors (Lipinski definition) is 4. The summed E-state index contributed by atoms with van der Waals surface area (Å²) in [4.78, 5) is 15.1. The molecule has 1 N–H and O–H groups in total. The van der Waals surface area contributed by atoms with Crippen molar-refractivity contribution in [1.82, 2.24) is 15.5 Å². The molecule has 5 nitrogen and oxygen atoms in total. The number of carbonyl (C=O) groups excluding carboxylic acids is 1. The van der Waals surface area contributed by atoms with Gasteiger partial charge in [0.1, 0.15) is 0 Å². The van der Waals surface area contributed by atoms with Crippen molar-refractivity contribution in [3.63, 3.8) is 0 Å². The van der Waals surface area contributed by atoms with E-state index in [1.165, 1.54) is 32.1 Å². The van der Waals surface area contributed by atoms with Crippen molar-refractivity contribution in [2.75, 3.05) is 11.4 Å². The van der Waals surface area contributed by atoms with Crippen LogP contribution in [0.3, 0.4) is 0 Å². The highest BCUT2D eigenvalue weighted by Gasteiger charge is 2.25. The zero-order valence-electron chi connectivity index (χ0n) is 14.9. The Hall–Kier alpha value is -2.17. The summed E-state index contributed by atoms with van der Waals surface area (Å²) in [5, 5.41) is 13.9. The summed E-state index contributed by atoms with van der Waals surface area (Å²) in [6.07, 6.45) is 8.17. The largest absolute Gasteiger partial charge is 0.352 e. The topological polar surface area (TPSA) is 58.1 Å². The molecule has 132 valence electrons. The van der Waals surface area contributed by atoms with Crippen LogP contribution in [0.2, 0.25) is 0 Å². The van der Waals surface area contributed by atoms with E-state index in [-0.39, 0.29) is 11.9 Å². The number of aromatic nitrogens is 2. The average molecular weight is 338 g/mol. The fourth-order valence-corrected chi connectivity index (χ4v) is 4.21. The summed E-state index contributed by atoms with van der Waals surface area (Å²) in [6, 6.07) is 8.79. The van der Waals surface area contributed by atoms with E-state index >= 15 is 0 Å². The summed E-state index contributed by atoms with van der Waals surface area (Å²) in [6.45, 7) is 3.25. The van der Waals surface area contributed by atoms with Gasteiger partial charge in [-0.3, -0.25) is 4.79 Å². The molecule has 1 unspecified atom stereocenters. The van der Waals surface area contributed by atoms with Crippen LogP contribution < -0.4 is 10.2 Å². The van der Waals surface area contributed by atoms with Crippen LogP contribution in [0, 0.1) is 0 Å². The maximum Gasteiger partial charge on any atom is 0.272 e. The van der Waals surface area contributed by atoms with Crippen LogP contribution in [-0.2, 0) is 0 Å². The quantitative estimate of drug-likeness (QED) is 0.927. The molecule has 0 spiro atoms. The van der Waals surface area contributed by atoms with E-state index in [0.29, 0.717) is 11.7 Å². The molecule has 0 bridgehead atoms. The van der Waals surface area contributed by atoms with Crippen LogP contribution in [0.25, 0.3) is 10.8 Å². The van der Waals surface area contributed by atoms with E-state index in [1.54, 1.807) is 0 Å².